The quantitative estimate of drug-likeness (QED) is 0.297. The fraction of sp³-hybridized carbons (Fsp3) is 0. The minimum atomic E-state index is 0.971. The van der Waals surface area contributed by atoms with Crippen molar-refractivity contribution in [2.45, 2.75) is 0 Å². The van der Waals surface area contributed by atoms with Crippen LogP contribution in [0.1, 0.15) is 0 Å². The summed E-state index contributed by atoms with van der Waals surface area (Å²) < 4.78 is 6.09. The van der Waals surface area contributed by atoms with Gasteiger partial charge >= 0.3 is 0 Å². The van der Waals surface area contributed by atoms with Crippen molar-refractivity contribution in [1.29, 1.82) is 0 Å². The van der Waals surface area contributed by atoms with E-state index in [-0.39, 0.29) is 0 Å². The maximum Gasteiger partial charge on any atom is 0.143 e. The van der Waals surface area contributed by atoms with Crippen molar-refractivity contribution in [3.8, 4) is 11.1 Å². The third-order valence-electron chi connectivity index (χ3n) is 5.21. The molecule has 1 nitrogen and oxygen atoms in total. The Morgan fingerprint density at radius 3 is 2.08 bits per heavy atom. The molecule has 0 N–H and O–H groups in total. The highest BCUT2D eigenvalue weighted by Crippen LogP contribution is 2.42. The van der Waals surface area contributed by atoms with Crippen molar-refractivity contribution in [1.82, 2.24) is 0 Å². The van der Waals surface area contributed by atoms with Crippen LogP contribution in [-0.2, 0) is 0 Å². The molecule has 0 saturated heterocycles. The summed E-state index contributed by atoms with van der Waals surface area (Å²) in [6, 6.07) is 30.2. The Morgan fingerprint density at radius 1 is 0.480 bits per heavy atom. The van der Waals surface area contributed by atoms with E-state index in [4.69, 9.17) is 4.42 Å². The number of hydrogen-bond acceptors (Lipinski definition) is 1. The predicted molar refractivity (Wildman–Crippen MR) is 105 cm³/mol. The second-order valence-electron chi connectivity index (χ2n) is 6.63. The number of benzene rings is 5. The molecule has 116 valence electrons. The summed E-state index contributed by atoms with van der Waals surface area (Å²) in [5, 5.41) is 7.48. The first-order valence-electron chi connectivity index (χ1n) is 8.54. The molecule has 0 fully saturated rings. The SMILES string of the molecule is c1ccc2cc3c(-c4cc5oc4c4ccccc54)cccc3cc2c1. The van der Waals surface area contributed by atoms with Gasteiger partial charge in [0, 0.05) is 16.3 Å². The summed E-state index contributed by atoms with van der Waals surface area (Å²) in [4.78, 5) is 0. The molecule has 2 heterocycles. The minimum absolute atomic E-state index is 0.971. The third-order valence-corrected chi connectivity index (χ3v) is 5.21. The van der Waals surface area contributed by atoms with Crippen LogP contribution < -0.4 is 0 Å². The van der Waals surface area contributed by atoms with Crippen molar-refractivity contribution in [2.75, 3.05) is 0 Å². The standard InChI is InChI=1S/C24H14O/c1-2-7-16-13-21-17(12-15(16)6-1)8-5-11-18(21)22-14-23-19-9-3-4-10-20(19)24(22)25-23/h1-14H. The highest BCUT2D eigenvalue weighted by Gasteiger charge is 2.17. The van der Waals surface area contributed by atoms with Crippen LogP contribution in [-0.4, -0.2) is 0 Å². The van der Waals surface area contributed by atoms with Gasteiger partial charge in [-0.2, -0.15) is 0 Å². The Morgan fingerprint density at radius 2 is 1.20 bits per heavy atom. The molecule has 0 aliphatic heterocycles. The van der Waals surface area contributed by atoms with Crippen LogP contribution in [0, 0.1) is 0 Å². The van der Waals surface area contributed by atoms with Crippen LogP contribution in [0.3, 0.4) is 0 Å². The summed E-state index contributed by atoms with van der Waals surface area (Å²) in [7, 11) is 0. The van der Waals surface area contributed by atoms with Crippen LogP contribution in [0.4, 0.5) is 0 Å². The molecular formula is C24H14O. The van der Waals surface area contributed by atoms with Gasteiger partial charge in [0.25, 0.3) is 0 Å². The average molecular weight is 318 g/mol. The number of rotatable bonds is 1. The molecule has 25 heavy (non-hydrogen) atoms. The van der Waals surface area contributed by atoms with Crippen molar-refractivity contribution in [3.63, 3.8) is 0 Å². The Balaban J connectivity index is 1.72. The smallest absolute Gasteiger partial charge is 0.143 e. The molecule has 4 aromatic carbocycles. The van der Waals surface area contributed by atoms with Gasteiger partial charge in [-0.15, -0.1) is 0 Å². The van der Waals surface area contributed by atoms with Gasteiger partial charge in [0.05, 0.1) is 0 Å². The average Bonchev–Trinajstić information content (AvgIpc) is 3.26. The first-order chi connectivity index (χ1) is 12.4. The molecule has 0 unspecified atom stereocenters. The summed E-state index contributed by atoms with van der Waals surface area (Å²) >= 11 is 0. The lowest BCUT2D eigenvalue weighted by atomic mass is 9.94. The maximum absolute atomic E-state index is 6.09. The van der Waals surface area contributed by atoms with Crippen molar-refractivity contribution >= 4 is 43.5 Å². The van der Waals surface area contributed by atoms with Gasteiger partial charge in [-0.05, 0) is 45.3 Å². The minimum Gasteiger partial charge on any atom is -0.455 e. The molecule has 0 aliphatic carbocycles. The van der Waals surface area contributed by atoms with Crippen LogP contribution in [0.25, 0.3) is 54.6 Å². The van der Waals surface area contributed by atoms with Crippen LogP contribution in [0.15, 0.2) is 89.3 Å². The molecule has 2 aromatic heterocycles. The summed E-state index contributed by atoms with van der Waals surface area (Å²) in [5.41, 5.74) is 4.39. The van der Waals surface area contributed by atoms with Gasteiger partial charge in [0.2, 0.25) is 0 Å². The zero-order valence-corrected chi connectivity index (χ0v) is 13.5. The summed E-state index contributed by atoms with van der Waals surface area (Å²) in [6.07, 6.45) is 0. The monoisotopic (exact) mass is 318 g/mol. The van der Waals surface area contributed by atoms with E-state index >= 15 is 0 Å². The second-order valence-corrected chi connectivity index (χ2v) is 6.63. The van der Waals surface area contributed by atoms with Crippen molar-refractivity contribution < 1.29 is 4.42 Å². The fourth-order valence-electron chi connectivity index (χ4n) is 4.02. The van der Waals surface area contributed by atoms with E-state index in [2.05, 4.69) is 84.9 Å². The first kappa shape index (κ1) is 13.0. The number of hydrogen-bond donors (Lipinski definition) is 0. The van der Waals surface area contributed by atoms with Gasteiger partial charge in [0.15, 0.2) is 0 Å². The van der Waals surface area contributed by atoms with E-state index < -0.39 is 0 Å². The molecule has 1 heteroatoms. The van der Waals surface area contributed by atoms with Crippen molar-refractivity contribution in [2.24, 2.45) is 0 Å². The zero-order valence-electron chi connectivity index (χ0n) is 13.5. The second kappa shape index (κ2) is 4.61. The maximum atomic E-state index is 6.09. The van der Waals surface area contributed by atoms with Gasteiger partial charge in [-0.1, -0.05) is 66.7 Å². The first-order valence-corrected chi connectivity index (χ1v) is 8.54. The van der Waals surface area contributed by atoms with E-state index in [1.54, 1.807) is 0 Å². The Hall–Kier alpha value is -3.32. The molecule has 0 amide bonds. The molecule has 0 radical (unpaired) electrons. The topological polar surface area (TPSA) is 13.1 Å². The molecule has 2 bridgehead atoms. The zero-order chi connectivity index (χ0) is 16.4. The van der Waals surface area contributed by atoms with Crippen LogP contribution in [0.5, 0.6) is 0 Å². The van der Waals surface area contributed by atoms with E-state index in [1.165, 1.54) is 43.4 Å². The molecule has 0 atom stereocenters. The molecule has 6 rings (SSSR count). The molecule has 0 spiro atoms. The molecule has 0 saturated carbocycles. The van der Waals surface area contributed by atoms with E-state index in [0.717, 1.165) is 11.2 Å². The van der Waals surface area contributed by atoms with E-state index in [0.29, 0.717) is 0 Å². The van der Waals surface area contributed by atoms with Crippen LogP contribution in [0.2, 0.25) is 0 Å². The highest BCUT2D eigenvalue weighted by atomic mass is 16.3. The van der Waals surface area contributed by atoms with Crippen LogP contribution >= 0.6 is 0 Å². The molecular weight excluding hydrogens is 304 g/mol. The summed E-state index contributed by atoms with van der Waals surface area (Å²) in [6.45, 7) is 0. The Labute approximate surface area is 144 Å². The number of fused-ring (bicyclic) bond motifs is 7. The molecule has 0 aliphatic rings. The largest absolute Gasteiger partial charge is 0.455 e. The number of furan rings is 2. The molecule has 6 aromatic rings. The van der Waals surface area contributed by atoms with E-state index in [1.807, 2.05) is 0 Å². The Kier molecular flexibility index (Phi) is 2.40. The third kappa shape index (κ3) is 1.72. The van der Waals surface area contributed by atoms with Gasteiger partial charge < -0.3 is 4.42 Å². The fourth-order valence-corrected chi connectivity index (χ4v) is 4.02. The Bertz CT molecular complexity index is 1390. The van der Waals surface area contributed by atoms with Crippen molar-refractivity contribution in [3.05, 3.63) is 84.9 Å². The highest BCUT2D eigenvalue weighted by molar-refractivity contribution is 6.16. The summed E-state index contributed by atoms with van der Waals surface area (Å²) in [5.74, 6) is 0. The lowest BCUT2D eigenvalue weighted by Gasteiger charge is -2.08. The van der Waals surface area contributed by atoms with Gasteiger partial charge in [-0.25, -0.2) is 0 Å². The van der Waals surface area contributed by atoms with E-state index in [9.17, 15) is 0 Å². The normalized spacial score (nSPS) is 12.0. The lowest BCUT2D eigenvalue weighted by Crippen LogP contribution is -1.82. The predicted octanol–water partition coefficient (Wildman–Crippen LogP) is 7.00. The lowest BCUT2D eigenvalue weighted by molar-refractivity contribution is 0.679. The van der Waals surface area contributed by atoms with Gasteiger partial charge in [-0.3, -0.25) is 0 Å². The van der Waals surface area contributed by atoms with Gasteiger partial charge in [0.1, 0.15) is 11.2 Å².